The van der Waals surface area contributed by atoms with E-state index in [9.17, 15) is 0 Å². The van der Waals surface area contributed by atoms with Crippen molar-refractivity contribution in [3.05, 3.63) is 11.6 Å². The van der Waals surface area contributed by atoms with Gasteiger partial charge in [0.15, 0.2) is 0 Å². The fourth-order valence-corrected chi connectivity index (χ4v) is 2.30. The van der Waals surface area contributed by atoms with Crippen LogP contribution in [0.2, 0.25) is 0 Å². The first kappa shape index (κ1) is 6.45. The van der Waals surface area contributed by atoms with Gasteiger partial charge in [-0.15, -0.1) is 0 Å². The lowest BCUT2D eigenvalue weighted by molar-refractivity contribution is 0.491. The molecule has 0 saturated heterocycles. The van der Waals surface area contributed by atoms with E-state index < -0.39 is 0 Å². The van der Waals surface area contributed by atoms with E-state index in [0.29, 0.717) is 0 Å². The van der Waals surface area contributed by atoms with Crippen LogP contribution in [0.4, 0.5) is 0 Å². The fraction of sp³-hybridized carbons (Fsp3) is 0.800. The van der Waals surface area contributed by atoms with Crippen molar-refractivity contribution in [1.29, 1.82) is 0 Å². The molecule has 10 heavy (non-hydrogen) atoms. The molecule has 0 aromatic rings. The van der Waals surface area contributed by atoms with Crippen LogP contribution in [0.25, 0.3) is 0 Å². The molecule has 3 unspecified atom stereocenters. The second-order valence-electron chi connectivity index (χ2n) is 3.92. The number of fused-ring (bicyclic) bond motifs is 1. The molecular formula is C10H16. The summed E-state index contributed by atoms with van der Waals surface area (Å²) in [6, 6.07) is 0. The van der Waals surface area contributed by atoms with Gasteiger partial charge < -0.3 is 0 Å². The van der Waals surface area contributed by atoms with Crippen molar-refractivity contribution in [1.82, 2.24) is 0 Å². The first-order valence-electron chi connectivity index (χ1n) is 4.49. The summed E-state index contributed by atoms with van der Waals surface area (Å²) in [4.78, 5) is 0. The molecule has 0 N–H and O–H groups in total. The summed E-state index contributed by atoms with van der Waals surface area (Å²) in [6.45, 7) is 4.61. The molecule has 2 aliphatic carbocycles. The maximum absolute atomic E-state index is 2.51. The standard InChI is InChI=1S/C10H16/c1-3-8-4-7(2)10-6-9(10)5-8/h4,8-10H,3,5-6H2,1-2H3. The summed E-state index contributed by atoms with van der Waals surface area (Å²) < 4.78 is 0. The quantitative estimate of drug-likeness (QED) is 0.486. The summed E-state index contributed by atoms with van der Waals surface area (Å²) >= 11 is 0. The van der Waals surface area contributed by atoms with Crippen LogP contribution < -0.4 is 0 Å². The van der Waals surface area contributed by atoms with E-state index in [2.05, 4.69) is 19.9 Å². The number of hydrogen-bond donors (Lipinski definition) is 0. The van der Waals surface area contributed by atoms with Crippen LogP contribution in [0, 0.1) is 17.8 Å². The lowest BCUT2D eigenvalue weighted by Gasteiger charge is -2.16. The van der Waals surface area contributed by atoms with Crippen LogP contribution in [-0.2, 0) is 0 Å². The molecule has 0 heterocycles. The van der Waals surface area contributed by atoms with Gasteiger partial charge >= 0.3 is 0 Å². The maximum Gasteiger partial charge on any atom is -0.0174 e. The Morgan fingerprint density at radius 1 is 1.50 bits per heavy atom. The van der Waals surface area contributed by atoms with Crippen molar-refractivity contribution in [2.24, 2.45) is 17.8 Å². The molecule has 0 aromatic heterocycles. The second kappa shape index (κ2) is 2.11. The maximum atomic E-state index is 2.51. The minimum atomic E-state index is 0.920. The van der Waals surface area contributed by atoms with Crippen LogP contribution in [-0.4, -0.2) is 0 Å². The topological polar surface area (TPSA) is 0 Å². The molecule has 1 fully saturated rings. The van der Waals surface area contributed by atoms with Gasteiger partial charge in [-0.2, -0.15) is 0 Å². The van der Waals surface area contributed by atoms with Crippen molar-refractivity contribution in [3.8, 4) is 0 Å². The molecule has 0 aromatic carbocycles. The first-order valence-corrected chi connectivity index (χ1v) is 4.49. The monoisotopic (exact) mass is 136 g/mol. The number of hydrogen-bond acceptors (Lipinski definition) is 0. The van der Waals surface area contributed by atoms with Gasteiger partial charge in [-0.05, 0) is 43.9 Å². The summed E-state index contributed by atoms with van der Waals surface area (Å²) in [5.41, 5.74) is 1.68. The highest BCUT2D eigenvalue weighted by molar-refractivity contribution is 5.19. The molecule has 0 nitrogen and oxygen atoms in total. The van der Waals surface area contributed by atoms with Gasteiger partial charge in [0, 0.05) is 0 Å². The van der Waals surface area contributed by atoms with Crippen molar-refractivity contribution in [2.45, 2.75) is 33.1 Å². The minimum Gasteiger partial charge on any atom is -0.0822 e. The van der Waals surface area contributed by atoms with E-state index in [1.54, 1.807) is 5.57 Å². The average Bonchev–Trinajstić information content (AvgIpc) is 2.66. The molecule has 0 spiro atoms. The molecule has 0 heteroatoms. The Hall–Kier alpha value is -0.260. The Kier molecular flexibility index (Phi) is 1.36. The van der Waals surface area contributed by atoms with E-state index in [4.69, 9.17) is 0 Å². The Labute approximate surface area is 63.3 Å². The lowest BCUT2D eigenvalue weighted by Crippen LogP contribution is -2.04. The van der Waals surface area contributed by atoms with E-state index in [-0.39, 0.29) is 0 Å². The zero-order valence-corrected chi connectivity index (χ0v) is 6.93. The molecule has 0 amide bonds. The summed E-state index contributed by atoms with van der Waals surface area (Å²) in [5.74, 6) is 3.03. The van der Waals surface area contributed by atoms with Crippen molar-refractivity contribution in [2.75, 3.05) is 0 Å². The predicted molar refractivity (Wildman–Crippen MR) is 43.8 cm³/mol. The number of rotatable bonds is 1. The zero-order valence-electron chi connectivity index (χ0n) is 6.93. The minimum absolute atomic E-state index is 0.920. The van der Waals surface area contributed by atoms with Gasteiger partial charge in [0.2, 0.25) is 0 Å². The van der Waals surface area contributed by atoms with Crippen molar-refractivity contribution >= 4 is 0 Å². The van der Waals surface area contributed by atoms with E-state index in [1.807, 2.05) is 0 Å². The van der Waals surface area contributed by atoms with Gasteiger partial charge in [0.25, 0.3) is 0 Å². The molecular weight excluding hydrogens is 120 g/mol. The van der Waals surface area contributed by atoms with E-state index in [1.165, 1.54) is 19.3 Å². The first-order chi connectivity index (χ1) is 4.81. The molecule has 3 atom stereocenters. The van der Waals surface area contributed by atoms with Gasteiger partial charge in [-0.1, -0.05) is 18.6 Å². The van der Waals surface area contributed by atoms with E-state index >= 15 is 0 Å². The third-order valence-electron chi connectivity index (χ3n) is 3.14. The van der Waals surface area contributed by atoms with Crippen LogP contribution >= 0.6 is 0 Å². The van der Waals surface area contributed by atoms with Gasteiger partial charge in [-0.3, -0.25) is 0 Å². The average molecular weight is 136 g/mol. The highest BCUT2D eigenvalue weighted by Crippen LogP contribution is 2.51. The Morgan fingerprint density at radius 3 is 2.90 bits per heavy atom. The fourth-order valence-electron chi connectivity index (χ4n) is 2.30. The SMILES string of the molecule is CCC1C=C(C)C2CC2C1. The van der Waals surface area contributed by atoms with Gasteiger partial charge in [0.05, 0.1) is 0 Å². The van der Waals surface area contributed by atoms with Crippen LogP contribution in [0.3, 0.4) is 0 Å². The Balaban J connectivity index is 2.10. The number of allylic oxidation sites excluding steroid dienone is 2. The highest BCUT2D eigenvalue weighted by Gasteiger charge is 2.41. The molecule has 2 rings (SSSR count). The van der Waals surface area contributed by atoms with Gasteiger partial charge in [-0.25, -0.2) is 0 Å². The van der Waals surface area contributed by atoms with Crippen molar-refractivity contribution in [3.63, 3.8) is 0 Å². The molecule has 0 radical (unpaired) electrons. The molecule has 1 saturated carbocycles. The molecule has 56 valence electrons. The van der Waals surface area contributed by atoms with Crippen LogP contribution in [0.15, 0.2) is 11.6 Å². The molecule has 2 aliphatic rings. The third-order valence-corrected chi connectivity index (χ3v) is 3.14. The summed E-state index contributed by atoms with van der Waals surface area (Å²) in [5, 5.41) is 0. The van der Waals surface area contributed by atoms with Crippen LogP contribution in [0.1, 0.15) is 33.1 Å². The Morgan fingerprint density at radius 2 is 2.30 bits per heavy atom. The van der Waals surface area contributed by atoms with Gasteiger partial charge in [0.1, 0.15) is 0 Å². The van der Waals surface area contributed by atoms with Crippen molar-refractivity contribution < 1.29 is 0 Å². The molecule has 0 bridgehead atoms. The second-order valence-corrected chi connectivity index (χ2v) is 3.92. The zero-order chi connectivity index (χ0) is 7.14. The summed E-state index contributed by atoms with van der Waals surface area (Å²) in [7, 11) is 0. The largest absolute Gasteiger partial charge is 0.0822 e. The predicted octanol–water partition coefficient (Wildman–Crippen LogP) is 3.00. The smallest absolute Gasteiger partial charge is 0.0174 e. The lowest BCUT2D eigenvalue weighted by atomic mass is 9.90. The third kappa shape index (κ3) is 0.902. The summed E-state index contributed by atoms with van der Waals surface area (Å²) in [6.07, 6.45) is 6.84. The normalized spacial score (nSPS) is 44.2. The van der Waals surface area contributed by atoms with Crippen LogP contribution in [0.5, 0.6) is 0 Å². The van der Waals surface area contributed by atoms with E-state index in [0.717, 1.165) is 17.8 Å². The Bertz CT molecular complexity index is 167. The highest BCUT2D eigenvalue weighted by atomic mass is 14.5. The molecule has 0 aliphatic heterocycles.